The van der Waals surface area contributed by atoms with Gasteiger partial charge in [0.25, 0.3) is 0 Å². The fourth-order valence-corrected chi connectivity index (χ4v) is 3.75. The summed E-state index contributed by atoms with van der Waals surface area (Å²) in [6.07, 6.45) is 3.52. The summed E-state index contributed by atoms with van der Waals surface area (Å²) < 4.78 is 4.04. The number of aryl methyl sites for hydroxylation is 4. The number of hydrogen-bond donors (Lipinski definition) is 0. The minimum absolute atomic E-state index is 0.774. The van der Waals surface area contributed by atoms with E-state index >= 15 is 0 Å². The van der Waals surface area contributed by atoms with Gasteiger partial charge in [0.15, 0.2) is 11.5 Å². The van der Waals surface area contributed by atoms with E-state index in [1.54, 1.807) is 0 Å². The number of rotatable bonds is 3. The second kappa shape index (κ2) is 5.66. The Hall–Kier alpha value is -3.21. The topological polar surface area (TPSA) is 48.0 Å². The quantitative estimate of drug-likeness (QED) is 0.501. The van der Waals surface area contributed by atoms with Crippen LogP contribution in [0.3, 0.4) is 0 Å². The van der Waals surface area contributed by atoms with Gasteiger partial charge in [0.2, 0.25) is 0 Å². The van der Waals surface area contributed by atoms with Gasteiger partial charge in [0, 0.05) is 31.5 Å². The van der Waals surface area contributed by atoms with Gasteiger partial charge in [-0.2, -0.15) is 5.10 Å². The first kappa shape index (κ1) is 15.1. The van der Waals surface area contributed by atoms with Gasteiger partial charge < -0.3 is 4.57 Å². The SMILES string of the molecule is Cc1cc2ccccc2c2nc(CCc3nc4ccccn4n3)n(C)c12. The standard InChI is InChI=1S/C21H19N5/c1-14-13-15-7-3-4-8-16(15)20-21(14)25(2)18(23-20)11-10-17-22-19-9-5-6-12-26(19)24-17/h3-9,12-13H,10-11H2,1-2H3. The maximum atomic E-state index is 4.97. The van der Waals surface area contributed by atoms with Crippen LogP contribution in [0.15, 0.2) is 54.7 Å². The third-order valence-electron chi connectivity index (χ3n) is 5.01. The van der Waals surface area contributed by atoms with Crippen LogP contribution in [0.4, 0.5) is 0 Å². The van der Waals surface area contributed by atoms with Gasteiger partial charge >= 0.3 is 0 Å². The molecule has 3 heterocycles. The van der Waals surface area contributed by atoms with Crippen LogP contribution in [0, 0.1) is 6.92 Å². The summed E-state index contributed by atoms with van der Waals surface area (Å²) in [5.41, 5.74) is 4.43. The molecular formula is C21H19N5. The van der Waals surface area contributed by atoms with E-state index in [4.69, 9.17) is 4.98 Å². The summed E-state index contributed by atoms with van der Waals surface area (Å²) in [5.74, 6) is 1.92. The Morgan fingerprint density at radius 3 is 2.69 bits per heavy atom. The average molecular weight is 341 g/mol. The third-order valence-corrected chi connectivity index (χ3v) is 5.01. The van der Waals surface area contributed by atoms with E-state index in [1.165, 1.54) is 21.9 Å². The second-order valence-corrected chi connectivity index (χ2v) is 6.73. The summed E-state index contributed by atoms with van der Waals surface area (Å²) in [4.78, 5) is 9.56. The minimum atomic E-state index is 0.774. The van der Waals surface area contributed by atoms with Crippen molar-refractivity contribution >= 4 is 27.5 Å². The highest BCUT2D eigenvalue weighted by Gasteiger charge is 2.14. The first-order valence-electron chi connectivity index (χ1n) is 8.84. The lowest BCUT2D eigenvalue weighted by Gasteiger charge is -2.05. The maximum Gasteiger partial charge on any atom is 0.155 e. The van der Waals surface area contributed by atoms with Crippen molar-refractivity contribution in [1.29, 1.82) is 0 Å². The Morgan fingerprint density at radius 1 is 0.962 bits per heavy atom. The molecule has 26 heavy (non-hydrogen) atoms. The van der Waals surface area contributed by atoms with E-state index < -0.39 is 0 Å². The van der Waals surface area contributed by atoms with E-state index in [2.05, 4.69) is 59.0 Å². The third kappa shape index (κ3) is 2.28. The highest BCUT2D eigenvalue weighted by Crippen LogP contribution is 2.28. The van der Waals surface area contributed by atoms with Crippen molar-refractivity contribution in [3.63, 3.8) is 0 Å². The zero-order valence-corrected chi connectivity index (χ0v) is 14.8. The molecule has 0 atom stereocenters. The van der Waals surface area contributed by atoms with Crippen molar-refractivity contribution in [2.24, 2.45) is 7.05 Å². The van der Waals surface area contributed by atoms with Crippen LogP contribution in [0.25, 0.3) is 27.5 Å². The highest BCUT2D eigenvalue weighted by molar-refractivity contribution is 6.05. The molecule has 5 nitrogen and oxygen atoms in total. The second-order valence-electron chi connectivity index (χ2n) is 6.73. The van der Waals surface area contributed by atoms with Gasteiger partial charge in [-0.25, -0.2) is 14.5 Å². The molecule has 5 aromatic rings. The van der Waals surface area contributed by atoms with E-state index in [0.717, 1.165) is 35.7 Å². The molecular weight excluding hydrogens is 322 g/mol. The van der Waals surface area contributed by atoms with Crippen LogP contribution >= 0.6 is 0 Å². The molecule has 0 bridgehead atoms. The van der Waals surface area contributed by atoms with Crippen LogP contribution in [-0.2, 0) is 19.9 Å². The summed E-state index contributed by atoms with van der Waals surface area (Å²) in [7, 11) is 2.10. The van der Waals surface area contributed by atoms with Crippen molar-refractivity contribution in [2.75, 3.05) is 0 Å². The molecule has 0 N–H and O–H groups in total. The largest absolute Gasteiger partial charge is 0.331 e. The predicted molar refractivity (Wildman–Crippen MR) is 103 cm³/mol. The molecule has 0 saturated carbocycles. The van der Waals surface area contributed by atoms with Crippen LogP contribution in [0.5, 0.6) is 0 Å². The van der Waals surface area contributed by atoms with Crippen molar-refractivity contribution in [3.05, 3.63) is 71.9 Å². The van der Waals surface area contributed by atoms with Crippen molar-refractivity contribution in [2.45, 2.75) is 19.8 Å². The molecule has 128 valence electrons. The molecule has 2 aromatic carbocycles. The highest BCUT2D eigenvalue weighted by atomic mass is 15.3. The number of aromatic nitrogens is 5. The predicted octanol–water partition coefficient (Wildman–Crippen LogP) is 3.86. The molecule has 3 aromatic heterocycles. The Morgan fingerprint density at radius 2 is 1.81 bits per heavy atom. The summed E-state index contributed by atoms with van der Waals surface area (Å²) >= 11 is 0. The number of benzene rings is 2. The number of pyridine rings is 1. The summed E-state index contributed by atoms with van der Waals surface area (Å²) in [5, 5.41) is 7.00. The van der Waals surface area contributed by atoms with Crippen molar-refractivity contribution in [3.8, 4) is 0 Å². The summed E-state index contributed by atoms with van der Waals surface area (Å²) in [6.45, 7) is 2.16. The lowest BCUT2D eigenvalue weighted by Crippen LogP contribution is -2.02. The first-order valence-corrected chi connectivity index (χ1v) is 8.84. The number of imidazole rings is 1. The van der Waals surface area contributed by atoms with Crippen LogP contribution < -0.4 is 0 Å². The van der Waals surface area contributed by atoms with E-state index in [1.807, 2.05) is 28.9 Å². The number of hydrogen-bond acceptors (Lipinski definition) is 3. The van der Waals surface area contributed by atoms with Gasteiger partial charge in [-0.05, 0) is 36.1 Å². The average Bonchev–Trinajstić information content (AvgIpc) is 3.21. The number of fused-ring (bicyclic) bond motifs is 4. The normalized spacial score (nSPS) is 11.8. The monoisotopic (exact) mass is 341 g/mol. The van der Waals surface area contributed by atoms with Crippen molar-refractivity contribution < 1.29 is 0 Å². The first-order chi connectivity index (χ1) is 12.7. The Balaban J connectivity index is 1.55. The fourth-order valence-electron chi connectivity index (χ4n) is 3.75. The smallest absolute Gasteiger partial charge is 0.155 e. The van der Waals surface area contributed by atoms with Crippen LogP contribution in [0.2, 0.25) is 0 Å². The molecule has 0 amide bonds. The van der Waals surface area contributed by atoms with Gasteiger partial charge in [0.05, 0.1) is 11.0 Å². The van der Waals surface area contributed by atoms with Gasteiger partial charge in [0.1, 0.15) is 5.82 Å². The number of nitrogens with zero attached hydrogens (tertiary/aromatic N) is 5. The molecule has 0 saturated heterocycles. The zero-order valence-electron chi connectivity index (χ0n) is 14.8. The zero-order chi connectivity index (χ0) is 17.7. The fraction of sp³-hybridized carbons (Fsp3) is 0.190. The molecule has 0 spiro atoms. The van der Waals surface area contributed by atoms with E-state index in [0.29, 0.717) is 0 Å². The van der Waals surface area contributed by atoms with Gasteiger partial charge in [-0.3, -0.25) is 0 Å². The van der Waals surface area contributed by atoms with Gasteiger partial charge in [-0.1, -0.05) is 30.3 Å². The molecule has 5 heteroatoms. The van der Waals surface area contributed by atoms with Crippen molar-refractivity contribution in [1.82, 2.24) is 24.1 Å². The van der Waals surface area contributed by atoms with Gasteiger partial charge in [-0.15, -0.1) is 0 Å². The lowest BCUT2D eigenvalue weighted by atomic mass is 10.1. The molecule has 0 aliphatic carbocycles. The maximum absolute atomic E-state index is 4.97. The Labute approximate surface area is 150 Å². The molecule has 0 fully saturated rings. The molecule has 5 rings (SSSR count). The Kier molecular flexibility index (Phi) is 3.28. The minimum Gasteiger partial charge on any atom is -0.331 e. The van der Waals surface area contributed by atoms with E-state index in [9.17, 15) is 0 Å². The summed E-state index contributed by atoms with van der Waals surface area (Å²) in [6, 6.07) is 16.6. The van der Waals surface area contributed by atoms with Crippen LogP contribution in [-0.4, -0.2) is 24.1 Å². The van der Waals surface area contributed by atoms with Crippen LogP contribution in [0.1, 0.15) is 17.2 Å². The Bertz CT molecular complexity index is 1230. The molecule has 0 unspecified atom stereocenters. The van der Waals surface area contributed by atoms with E-state index in [-0.39, 0.29) is 0 Å². The molecule has 0 radical (unpaired) electrons. The lowest BCUT2D eigenvalue weighted by molar-refractivity contribution is 0.755. The molecule has 0 aliphatic rings. The molecule has 0 aliphatic heterocycles.